The van der Waals surface area contributed by atoms with Crippen LogP contribution >= 0.6 is 15.9 Å². The normalized spacial score (nSPS) is 18.9. The molecule has 1 fully saturated rings. The number of nitrogens with zero attached hydrogens (tertiary/aromatic N) is 2. The Morgan fingerprint density at radius 3 is 2.90 bits per heavy atom. The van der Waals surface area contributed by atoms with Gasteiger partial charge >= 0.3 is 0 Å². The lowest BCUT2D eigenvalue weighted by atomic mass is 10.1. The van der Waals surface area contributed by atoms with E-state index in [1.54, 1.807) is 6.20 Å². The molecule has 0 spiro atoms. The van der Waals surface area contributed by atoms with E-state index in [-0.39, 0.29) is 18.2 Å². The second-order valence-corrected chi connectivity index (χ2v) is 5.64. The summed E-state index contributed by atoms with van der Waals surface area (Å²) < 4.78 is 0.897. The predicted octanol–water partition coefficient (Wildman–Crippen LogP) is 2.17. The number of aromatic nitrogens is 1. The molecule has 0 bridgehead atoms. The van der Waals surface area contributed by atoms with Gasteiger partial charge in [0.1, 0.15) is 6.04 Å². The van der Waals surface area contributed by atoms with Gasteiger partial charge in [0.2, 0.25) is 5.91 Å². The van der Waals surface area contributed by atoms with E-state index in [1.165, 1.54) is 7.05 Å². The summed E-state index contributed by atoms with van der Waals surface area (Å²) in [4.78, 5) is 29.0. The van der Waals surface area contributed by atoms with Gasteiger partial charge in [0.25, 0.3) is 5.91 Å². The Bertz CT molecular complexity index is 717. The molecule has 0 saturated carbocycles. The molecule has 2 heterocycles. The fourth-order valence-electron chi connectivity index (χ4n) is 2.31. The standard InChI is InChI=1S/C14H12BrN3O2/c1-18-12(19)6-11(14(18)20)17-10-4-2-3-8-5-9(15)7-16-13(8)10/h2-5,7,11,17H,6H2,1H3. The number of likely N-dealkylation sites (tertiary alicyclic amines) is 1. The quantitative estimate of drug-likeness (QED) is 0.855. The monoisotopic (exact) mass is 333 g/mol. The highest BCUT2D eigenvalue weighted by atomic mass is 79.9. The molecule has 2 amide bonds. The molecule has 1 aliphatic heterocycles. The molecule has 1 aliphatic rings. The highest BCUT2D eigenvalue weighted by Crippen LogP contribution is 2.26. The summed E-state index contributed by atoms with van der Waals surface area (Å²) >= 11 is 3.38. The van der Waals surface area contributed by atoms with Crippen LogP contribution in [-0.2, 0) is 9.59 Å². The highest BCUT2D eigenvalue weighted by Gasteiger charge is 2.36. The maximum atomic E-state index is 11.9. The molecule has 102 valence electrons. The Morgan fingerprint density at radius 2 is 2.20 bits per heavy atom. The van der Waals surface area contributed by atoms with Crippen molar-refractivity contribution in [3.05, 3.63) is 34.9 Å². The number of hydrogen-bond donors (Lipinski definition) is 1. The number of carbonyl (C=O) groups is 2. The lowest BCUT2D eigenvalue weighted by Crippen LogP contribution is -2.31. The third-order valence-corrected chi connectivity index (χ3v) is 3.82. The Morgan fingerprint density at radius 1 is 1.40 bits per heavy atom. The van der Waals surface area contributed by atoms with Crippen LogP contribution in [0, 0.1) is 0 Å². The number of para-hydroxylation sites is 1. The second-order valence-electron chi connectivity index (χ2n) is 4.72. The van der Waals surface area contributed by atoms with Gasteiger partial charge in [0.15, 0.2) is 0 Å². The molecule has 1 saturated heterocycles. The summed E-state index contributed by atoms with van der Waals surface area (Å²) in [5.41, 5.74) is 1.54. The SMILES string of the molecule is CN1C(=O)CC(Nc2cccc3cc(Br)cnc23)C1=O. The average molecular weight is 334 g/mol. The van der Waals surface area contributed by atoms with E-state index in [4.69, 9.17) is 0 Å². The number of benzene rings is 1. The van der Waals surface area contributed by atoms with Gasteiger partial charge in [-0.2, -0.15) is 0 Å². The lowest BCUT2D eigenvalue weighted by Gasteiger charge is -2.14. The van der Waals surface area contributed by atoms with Crippen molar-refractivity contribution in [1.29, 1.82) is 0 Å². The fourth-order valence-corrected chi connectivity index (χ4v) is 2.66. The van der Waals surface area contributed by atoms with E-state index in [1.807, 2.05) is 24.3 Å². The number of carbonyl (C=O) groups excluding carboxylic acids is 2. The van der Waals surface area contributed by atoms with Crippen molar-refractivity contribution in [3.63, 3.8) is 0 Å². The Labute approximate surface area is 124 Å². The fraction of sp³-hybridized carbons (Fsp3) is 0.214. The first-order valence-electron chi connectivity index (χ1n) is 6.17. The number of hydrogen-bond acceptors (Lipinski definition) is 4. The van der Waals surface area contributed by atoms with Gasteiger partial charge in [0, 0.05) is 23.1 Å². The van der Waals surface area contributed by atoms with Crippen LogP contribution in [-0.4, -0.2) is 34.8 Å². The number of anilines is 1. The van der Waals surface area contributed by atoms with E-state index < -0.39 is 6.04 Å². The zero-order valence-corrected chi connectivity index (χ0v) is 12.3. The molecule has 20 heavy (non-hydrogen) atoms. The van der Waals surface area contributed by atoms with Crippen molar-refractivity contribution in [3.8, 4) is 0 Å². The predicted molar refractivity (Wildman–Crippen MR) is 79.2 cm³/mol. The first-order chi connectivity index (χ1) is 9.56. The summed E-state index contributed by atoms with van der Waals surface area (Å²) in [6, 6.07) is 7.15. The molecule has 5 nitrogen and oxygen atoms in total. The summed E-state index contributed by atoms with van der Waals surface area (Å²) in [5, 5.41) is 4.09. The Kier molecular flexibility index (Phi) is 3.17. The number of rotatable bonds is 2. The molecule has 6 heteroatoms. The molecule has 0 aliphatic carbocycles. The van der Waals surface area contributed by atoms with Gasteiger partial charge in [-0.1, -0.05) is 12.1 Å². The molecule has 1 aromatic carbocycles. The number of halogens is 1. The van der Waals surface area contributed by atoms with Gasteiger partial charge < -0.3 is 5.32 Å². The number of nitrogens with one attached hydrogen (secondary N) is 1. The van der Waals surface area contributed by atoms with Crippen molar-refractivity contribution < 1.29 is 9.59 Å². The molecule has 2 aromatic rings. The molecule has 3 rings (SSSR count). The summed E-state index contributed by atoms with van der Waals surface area (Å²) in [5.74, 6) is -0.368. The molecule has 0 radical (unpaired) electrons. The topological polar surface area (TPSA) is 62.3 Å². The van der Waals surface area contributed by atoms with Gasteiger partial charge in [-0.3, -0.25) is 19.5 Å². The molecule has 1 unspecified atom stereocenters. The molecule has 1 atom stereocenters. The molecular weight excluding hydrogens is 322 g/mol. The van der Waals surface area contributed by atoms with Crippen molar-refractivity contribution in [2.75, 3.05) is 12.4 Å². The number of likely N-dealkylation sites (N-methyl/N-ethyl adjacent to an activating group) is 1. The van der Waals surface area contributed by atoms with Gasteiger partial charge in [-0.25, -0.2) is 0 Å². The zero-order valence-electron chi connectivity index (χ0n) is 10.8. The van der Waals surface area contributed by atoms with Gasteiger partial charge in [-0.05, 0) is 28.1 Å². The number of fused-ring (bicyclic) bond motifs is 1. The largest absolute Gasteiger partial charge is 0.371 e. The minimum Gasteiger partial charge on any atom is -0.371 e. The average Bonchev–Trinajstić information content (AvgIpc) is 2.66. The molecule has 1 N–H and O–H groups in total. The van der Waals surface area contributed by atoms with E-state index in [2.05, 4.69) is 26.2 Å². The van der Waals surface area contributed by atoms with E-state index >= 15 is 0 Å². The summed E-state index contributed by atoms with van der Waals surface area (Å²) in [7, 11) is 1.50. The van der Waals surface area contributed by atoms with Crippen LogP contribution in [0.3, 0.4) is 0 Å². The van der Waals surface area contributed by atoms with Gasteiger partial charge in [0.05, 0.1) is 17.6 Å². The van der Waals surface area contributed by atoms with Crippen molar-refractivity contribution >= 4 is 44.3 Å². The van der Waals surface area contributed by atoms with Crippen molar-refractivity contribution in [2.45, 2.75) is 12.5 Å². The third kappa shape index (κ3) is 2.16. The van der Waals surface area contributed by atoms with Crippen LogP contribution in [0.15, 0.2) is 34.9 Å². The minimum atomic E-state index is -0.511. The number of amides is 2. The van der Waals surface area contributed by atoms with E-state index in [9.17, 15) is 9.59 Å². The maximum Gasteiger partial charge on any atom is 0.251 e. The van der Waals surface area contributed by atoms with Crippen LogP contribution in [0.2, 0.25) is 0 Å². The smallest absolute Gasteiger partial charge is 0.251 e. The number of pyridine rings is 1. The van der Waals surface area contributed by atoms with Crippen LogP contribution < -0.4 is 5.32 Å². The first-order valence-corrected chi connectivity index (χ1v) is 6.97. The van der Waals surface area contributed by atoms with E-state index in [0.29, 0.717) is 0 Å². The Hall–Kier alpha value is -1.95. The van der Waals surface area contributed by atoms with Crippen LogP contribution in [0.25, 0.3) is 10.9 Å². The van der Waals surface area contributed by atoms with E-state index in [0.717, 1.165) is 26.0 Å². The third-order valence-electron chi connectivity index (χ3n) is 3.39. The Balaban J connectivity index is 1.96. The van der Waals surface area contributed by atoms with Crippen LogP contribution in [0.5, 0.6) is 0 Å². The highest BCUT2D eigenvalue weighted by molar-refractivity contribution is 9.10. The molecular formula is C14H12BrN3O2. The van der Waals surface area contributed by atoms with Crippen LogP contribution in [0.1, 0.15) is 6.42 Å². The maximum absolute atomic E-state index is 11.9. The van der Waals surface area contributed by atoms with Crippen LogP contribution in [0.4, 0.5) is 5.69 Å². The minimum absolute atomic E-state index is 0.163. The zero-order chi connectivity index (χ0) is 14.3. The first kappa shape index (κ1) is 13.1. The number of imide groups is 1. The second kappa shape index (κ2) is 4.86. The lowest BCUT2D eigenvalue weighted by molar-refractivity contribution is -0.136. The van der Waals surface area contributed by atoms with Gasteiger partial charge in [-0.15, -0.1) is 0 Å². The summed E-state index contributed by atoms with van der Waals surface area (Å²) in [6.45, 7) is 0. The van der Waals surface area contributed by atoms with Crippen molar-refractivity contribution in [2.24, 2.45) is 0 Å². The van der Waals surface area contributed by atoms with Crippen molar-refractivity contribution in [1.82, 2.24) is 9.88 Å². The summed E-state index contributed by atoms with van der Waals surface area (Å²) in [6.07, 6.45) is 1.89. The molecule has 1 aromatic heterocycles.